The van der Waals surface area contributed by atoms with E-state index in [-0.39, 0.29) is 0 Å². The van der Waals surface area contributed by atoms with Crippen molar-refractivity contribution in [1.29, 1.82) is 5.26 Å². The topological polar surface area (TPSA) is 53.0 Å². The Hall–Kier alpha value is -1.69. The molecule has 2 unspecified atom stereocenters. The van der Waals surface area contributed by atoms with E-state index in [2.05, 4.69) is 24.8 Å². The summed E-state index contributed by atoms with van der Waals surface area (Å²) < 4.78 is 0. The van der Waals surface area contributed by atoms with Crippen LogP contribution in [0.2, 0.25) is 0 Å². The average Bonchev–Trinajstić information content (AvgIpc) is 2.33. The first-order valence-electron chi connectivity index (χ1n) is 6.18. The quantitative estimate of drug-likeness (QED) is 0.753. The number of nitrogens with zero attached hydrogens (tertiary/aromatic N) is 2. The Bertz CT molecular complexity index is 447. The zero-order chi connectivity index (χ0) is 12.4. The van der Waals surface area contributed by atoms with Crippen molar-refractivity contribution < 1.29 is 0 Å². The molecule has 1 aliphatic rings. The monoisotopic (exact) mass is 229 g/mol. The highest BCUT2D eigenvalue weighted by Gasteiger charge is 2.24. The fourth-order valence-corrected chi connectivity index (χ4v) is 2.53. The Morgan fingerprint density at radius 1 is 1.35 bits per heavy atom. The predicted octanol–water partition coefficient (Wildman–Crippen LogP) is 2.77. The Morgan fingerprint density at radius 3 is 2.82 bits per heavy atom. The van der Waals surface area contributed by atoms with Gasteiger partial charge in [-0.3, -0.25) is 0 Å². The number of hydrogen-bond donors (Lipinski definition) is 1. The van der Waals surface area contributed by atoms with E-state index < -0.39 is 0 Å². The molecule has 0 saturated carbocycles. The smallest absolute Gasteiger partial charge is 0.101 e. The molecule has 2 atom stereocenters. The molecule has 2 N–H and O–H groups in total. The zero-order valence-corrected chi connectivity index (χ0v) is 10.5. The van der Waals surface area contributed by atoms with Gasteiger partial charge in [-0.15, -0.1) is 0 Å². The summed E-state index contributed by atoms with van der Waals surface area (Å²) in [4.78, 5) is 2.34. The number of hydrogen-bond acceptors (Lipinski definition) is 3. The van der Waals surface area contributed by atoms with Crippen molar-refractivity contribution in [3.8, 4) is 6.07 Å². The summed E-state index contributed by atoms with van der Waals surface area (Å²) in [5, 5.41) is 9.01. The minimum atomic E-state index is 0.502. The third-order valence-electron chi connectivity index (χ3n) is 3.63. The molecule has 1 saturated heterocycles. The minimum absolute atomic E-state index is 0.502. The third-order valence-corrected chi connectivity index (χ3v) is 3.63. The number of nitriles is 1. The summed E-state index contributed by atoms with van der Waals surface area (Å²) in [5.41, 5.74) is 8.28. The van der Waals surface area contributed by atoms with Crippen molar-refractivity contribution >= 4 is 11.4 Å². The van der Waals surface area contributed by atoms with Gasteiger partial charge in [0.1, 0.15) is 6.07 Å². The van der Waals surface area contributed by atoms with Gasteiger partial charge in [0.15, 0.2) is 0 Å². The molecule has 0 aromatic heterocycles. The number of para-hydroxylation sites is 1. The minimum Gasteiger partial charge on any atom is -0.396 e. The molecule has 2 rings (SSSR count). The summed E-state index contributed by atoms with van der Waals surface area (Å²) >= 11 is 0. The Kier molecular flexibility index (Phi) is 3.23. The van der Waals surface area contributed by atoms with Crippen LogP contribution in [0.3, 0.4) is 0 Å². The van der Waals surface area contributed by atoms with E-state index in [0.717, 1.165) is 12.2 Å². The van der Waals surface area contributed by atoms with Gasteiger partial charge in [-0.25, -0.2) is 0 Å². The second-order valence-corrected chi connectivity index (χ2v) is 5.03. The van der Waals surface area contributed by atoms with Crippen LogP contribution in [0.4, 0.5) is 11.4 Å². The number of nitrogens with two attached hydrogens (primary N) is 1. The molecule has 0 spiro atoms. The van der Waals surface area contributed by atoms with E-state index in [1.807, 2.05) is 12.1 Å². The van der Waals surface area contributed by atoms with Crippen LogP contribution < -0.4 is 10.6 Å². The summed E-state index contributed by atoms with van der Waals surface area (Å²) in [6, 6.07) is 8.36. The normalized spacial score (nSPS) is 24.4. The van der Waals surface area contributed by atoms with Gasteiger partial charge in [-0.2, -0.15) is 5.26 Å². The van der Waals surface area contributed by atoms with E-state index in [1.54, 1.807) is 6.07 Å². The zero-order valence-electron chi connectivity index (χ0n) is 10.5. The molecule has 1 aromatic carbocycles. The van der Waals surface area contributed by atoms with Crippen molar-refractivity contribution in [3.63, 3.8) is 0 Å². The van der Waals surface area contributed by atoms with Crippen LogP contribution in [0.25, 0.3) is 0 Å². The van der Waals surface area contributed by atoms with Crippen molar-refractivity contribution in [3.05, 3.63) is 23.8 Å². The molecule has 1 aliphatic heterocycles. The highest BCUT2D eigenvalue weighted by Crippen LogP contribution is 2.32. The van der Waals surface area contributed by atoms with E-state index in [1.165, 1.54) is 12.8 Å². The van der Waals surface area contributed by atoms with Crippen LogP contribution in [0, 0.1) is 17.2 Å². The molecule has 1 heterocycles. The second kappa shape index (κ2) is 4.67. The SMILES string of the molecule is CC1CCC(C)N(c2cccc(C#N)c2N)C1. The maximum atomic E-state index is 9.01. The number of rotatable bonds is 1. The van der Waals surface area contributed by atoms with Crippen molar-refractivity contribution in [1.82, 2.24) is 0 Å². The molecule has 3 nitrogen and oxygen atoms in total. The first kappa shape index (κ1) is 11.8. The molecule has 0 aliphatic carbocycles. The van der Waals surface area contributed by atoms with Crippen molar-refractivity contribution in [2.75, 3.05) is 17.2 Å². The van der Waals surface area contributed by atoms with Gasteiger partial charge in [-0.1, -0.05) is 13.0 Å². The lowest BCUT2D eigenvalue weighted by atomic mass is 9.94. The molecule has 0 radical (unpaired) electrons. The molecule has 0 amide bonds. The molecule has 0 bridgehead atoms. The van der Waals surface area contributed by atoms with Crippen LogP contribution >= 0.6 is 0 Å². The molecule has 1 aromatic rings. The van der Waals surface area contributed by atoms with Crippen LogP contribution in [-0.2, 0) is 0 Å². The standard InChI is InChI=1S/C14H19N3/c1-10-6-7-11(2)17(9-10)13-5-3-4-12(8-15)14(13)16/h3-5,10-11H,6-7,9,16H2,1-2H3. The first-order chi connectivity index (χ1) is 8.13. The van der Waals surface area contributed by atoms with Gasteiger partial charge in [0.05, 0.1) is 16.9 Å². The van der Waals surface area contributed by atoms with Crippen molar-refractivity contribution in [2.45, 2.75) is 32.7 Å². The Morgan fingerprint density at radius 2 is 2.12 bits per heavy atom. The molecule has 90 valence electrons. The first-order valence-corrected chi connectivity index (χ1v) is 6.18. The van der Waals surface area contributed by atoms with Gasteiger partial charge in [0, 0.05) is 12.6 Å². The molecular formula is C14H19N3. The largest absolute Gasteiger partial charge is 0.396 e. The summed E-state index contributed by atoms with van der Waals surface area (Å²) in [6.45, 7) is 5.52. The molecular weight excluding hydrogens is 210 g/mol. The lowest BCUT2D eigenvalue weighted by molar-refractivity contribution is 0.390. The second-order valence-electron chi connectivity index (χ2n) is 5.03. The fraction of sp³-hybridized carbons (Fsp3) is 0.500. The Balaban J connectivity index is 2.36. The van der Waals surface area contributed by atoms with E-state index in [9.17, 15) is 0 Å². The molecule has 1 fully saturated rings. The average molecular weight is 229 g/mol. The number of piperidine rings is 1. The summed E-state index contributed by atoms with van der Waals surface area (Å²) in [7, 11) is 0. The summed E-state index contributed by atoms with van der Waals surface area (Å²) in [5.74, 6) is 0.691. The van der Waals surface area contributed by atoms with Crippen LogP contribution in [-0.4, -0.2) is 12.6 Å². The van der Waals surface area contributed by atoms with Crippen LogP contribution in [0.1, 0.15) is 32.3 Å². The number of benzene rings is 1. The van der Waals surface area contributed by atoms with Crippen molar-refractivity contribution in [2.24, 2.45) is 5.92 Å². The lowest BCUT2D eigenvalue weighted by Gasteiger charge is -2.39. The maximum Gasteiger partial charge on any atom is 0.101 e. The van der Waals surface area contributed by atoms with Crippen LogP contribution in [0.5, 0.6) is 0 Å². The lowest BCUT2D eigenvalue weighted by Crippen LogP contribution is -2.41. The van der Waals surface area contributed by atoms with Gasteiger partial charge in [-0.05, 0) is 37.8 Å². The van der Waals surface area contributed by atoms with Gasteiger partial charge in [0.2, 0.25) is 0 Å². The Labute approximate surface area is 103 Å². The van der Waals surface area contributed by atoms with E-state index >= 15 is 0 Å². The fourth-order valence-electron chi connectivity index (χ4n) is 2.53. The number of anilines is 2. The van der Waals surface area contributed by atoms with Gasteiger partial charge < -0.3 is 10.6 Å². The highest BCUT2D eigenvalue weighted by molar-refractivity contribution is 5.74. The summed E-state index contributed by atoms with van der Waals surface area (Å²) in [6.07, 6.45) is 2.47. The molecule has 3 heteroatoms. The van der Waals surface area contributed by atoms with E-state index in [4.69, 9.17) is 11.0 Å². The third kappa shape index (κ3) is 2.21. The number of nitrogen functional groups attached to an aromatic ring is 1. The predicted molar refractivity (Wildman–Crippen MR) is 70.8 cm³/mol. The van der Waals surface area contributed by atoms with Gasteiger partial charge in [0.25, 0.3) is 0 Å². The van der Waals surface area contributed by atoms with Crippen LogP contribution in [0.15, 0.2) is 18.2 Å². The highest BCUT2D eigenvalue weighted by atomic mass is 15.2. The maximum absolute atomic E-state index is 9.01. The van der Waals surface area contributed by atoms with E-state index in [0.29, 0.717) is 23.2 Å². The van der Waals surface area contributed by atoms with Gasteiger partial charge >= 0.3 is 0 Å². The molecule has 17 heavy (non-hydrogen) atoms.